The number of hydrogen-bond acceptors (Lipinski definition) is 5. The molecule has 0 amide bonds. The summed E-state index contributed by atoms with van der Waals surface area (Å²) >= 11 is 0. The Balaban J connectivity index is 1.57. The van der Waals surface area contributed by atoms with Gasteiger partial charge in [-0.3, -0.25) is 19.6 Å². The van der Waals surface area contributed by atoms with Crippen molar-refractivity contribution in [1.82, 2.24) is 9.97 Å². The van der Waals surface area contributed by atoms with Gasteiger partial charge < -0.3 is 4.74 Å². The molecular formula is C29H22N2O3. The van der Waals surface area contributed by atoms with Crippen LogP contribution in [0.15, 0.2) is 109 Å². The number of nitrogens with zero attached hydrogens (tertiary/aromatic N) is 2. The van der Waals surface area contributed by atoms with E-state index in [2.05, 4.69) is 9.97 Å². The normalized spacial score (nSPS) is 11.1. The lowest BCUT2D eigenvalue weighted by Crippen LogP contribution is -1.98. The van der Waals surface area contributed by atoms with Gasteiger partial charge in [-0.2, -0.15) is 0 Å². The van der Waals surface area contributed by atoms with Crippen LogP contribution in [0.4, 0.5) is 0 Å². The van der Waals surface area contributed by atoms with Crippen LogP contribution in [0, 0.1) is 0 Å². The predicted octanol–water partition coefficient (Wildman–Crippen LogP) is 5.85. The van der Waals surface area contributed by atoms with Gasteiger partial charge in [0.1, 0.15) is 23.7 Å². The molecule has 0 saturated carbocycles. The highest BCUT2D eigenvalue weighted by atomic mass is 16.5. The third-order valence-corrected chi connectivity index (χ3v) is 4.89. The topological polar surface area (TPSA) is 69.2 Å². The van der Waals surface area contributed by atoms with Crippen LogP contribution in [0.2, 0.25) is 0 Å². The van der Waals surface area contributed by atoms with Crippen molar-refractivity contribution < 1.29 is 14.3 Å². The Morgan fingerprint density at radius 1 is 0.676 bits per heavy atom. The van der Waals surface area contributed by atoms with E-state index in [1.54, 1.807) is 60.9 Å². The second-order valence-electron chi connectivity index (χ2n) is 7.43. The van der Waals surface area contributed by atoms with Gasteiger partial charge in [0.15, 0.2) is 0 Å². The van der Waals surface area contributed by atoms with Crippen molar-refractivity contribution in [3.8, 4) is 5.75 Å². The zero-order valence-electron chi connectivity index (χ0n) is 18.4. The van der Waals surface area contributed by atoms with Gasteiger partial charge in [0.05, 0.1) is 0 Å². The van der Waals surface area contributed by atoms with E-state index in [0.717, 1.165) is 16.7 Å². The Morgan fingerprint density at radius 3 is 1.71 bits per heavy atom. The van der Waals surface area contributed by atoms with E-state index in [0.29, 0.717) is 23.7 Å². The molecular weight excluding hydrogens is 424 g/mol. The number of carbonyl (C=O) groups excluding carboxylic acids is 2. The third kappa shape index (κ3) is 6.43. The van der Waals surface area contributed by atoms with Crippen molar-refractivity contribution >= 4 is 23.7 Å². The zero-order valence-corrected chi connectivity index (χ0v) is 18.4. The van der Waals surface area contributed by atoms with Crippen LogP contribution in [-0.2, 0) is 6.61 Å². The van der Waals surface area contributed by atoms with Crippen LogP contribution in [-0.4, -0.2) is 21.5 Å². The standard InChI is InChI=1S/C29H22N2O3/c32-28(26-10-4-6-16-30-26)14-12-23-18-24(13-15-29(33)27-11-5-7-17-31-27)20-25(19-23)34-21-22-8-2-1-3-9-22/h1-20H,21H2/b14-12-,15-13+. The maximum absolute atomic E-state index is 12.4. The molecule has 0 aliphatic heterocycles. The summed E-state index contributed by atoms with van der Waals surface area (Å²) in [5.41, 5.74) is 3.31. The minimum Gasteiger partial charge on any atom is -0.489 e. The molecule has 2 heterocycles. The number of pyridine rings is 2. The van der Waals surface area contributed by atoms with Crippen molar-refractivity contribution in [2.24, 2.45) is 0 Å². The average Bonchev–Trinajstić information content (AvgIpc) is 2.90. The fourth-order valence-electron chi connectivity index (χ4n) is 3.19. The largest absolute Gasteiger partial charge is 0.489 e. The van der Waals surface area contributed by atoms with Crippen LogP contribution in [0.3, 0.4) is 0 Å². The molecule has 0 fully saturated rings. The fourth-order valence-corrected chi connectivity index (χ4v) is 3.19. The van der Waals surface area contributed by atoms with E-state index in [1.807, 2.05) is 48.5 Å². The summed E-state index contributed by atoms with van der Waals surface area (Å²) in [5.74, 6) is 0.235. The van der Waals surface area contributed by atoms with E-state index in [1.165, 1.54) is 12.2 Å². The first kappa shape index (κ1) is 22.6. The van der Waals surface area contributed by atoms with Crippen molar-refractivity contribution in [3.05, 3.63) is 138 Å². The van der Waals surface area contributed by atoms with Gasteiger partial charge in [-0.25, -0.2) is 0 Å². The first-order chi connectivity index (χ1) is 16.7. The van der Waals surface area contributed by atoms with E-state index in [9.17, 15) is 9.59 Å². The van der Waals surface area contributed by atoms with Crippen LogP contribution in [0.1, 0.15) is 37.7 Å². The lowest BCUT2D eigenvalue weighted by molar-refractivity contribution is 0.103. The van der Waals surface area contributed by atoms with Gasteiger partial charge in [-0.05, 0) is 71.3 Å². The minimum atomic E-state index is -0.196. The Bertz CT molecular complexity index is 1240. The highest BCUT2D eigenvalue weighted by Crippen LogP contribution is 2.21. The molecule has 5 heteroatoms. The summed E-state index contributed by atoms with van der Waals surface area (Å²) in [5, 5.41) is 0. The van der Waals surface area contributed by atoms with Crippen LogP contribution in [0.5, 0.6) is 5.75 Å². The third-order valence-electron chi connectivity index (χ3n) is 4.89. The van der Waals surface area contributed by atoms with Crippen molar-refractivity contribution in [1.29, 1.82) is 0 Å². The number of ether oxygens (including phenoxy) is 1. The number of aromatic nitrogens is 2. The molecule has 2 aromatic heterocycles. The second kappa shape index (κ2) is 11.3. The molecule has 2 aromatic carbocycles. The van der Waals surface area contributed by atoms with E-state index < -0.39 is 0 Å². The van der Waals surface area contributed by atoms with Crippen LogP contribution >= 0.6 is 0 Å². The molecule has 0 N–H and O–H groups in total. The van der Waals surface area contributed by atoms with Gasteiger partial charge in [0.2, 0.25) is 11.6 Å². The molecule has 0 radical (unpaired) electrons. The van der Waals surface area contributed by atoms with Crippen molar-refractivity contribution in [3.63, 3.8) is 0 Å². The second-order valence-corrected chi connectivity index (χ2v) is 7.43. The maximum Gasteiger partial charge on any atom is 0.204 e. The average molecular weight is 447 g/mol. The van der Waals surface area contributed by atoms with E-state index >= 15 is 0 Å². The molecule has 0 unspecified atom stereocenters. The van der Waals surface area contributed by atoms with Gasteiger partial charge in [0.25, 0.3) is 0 Å². The summed E-state index contributed by atoms with van der Waals surface area (Å²) in [4.78, 5) is 33.0. The maximum atomic E-state index is 12.4. The molecule has 0 spiro atoms. The lowest BCUT2D eigenvalue weighted by atomic mass is 10.1. The summed E-state index contributed by atoms with van der Waals surface area (Å²) in [6, 6.07) is 25.8. The Labute approximate surface area is 198 Å². The summed E-state index contributed by atoms with van der Waals surface area (Å²) in [6.07, 6.45) is 9.55. The summed E-state index contributed by atoms with van der Waals surface area (Å²) < 4.78 is 5.99. The molecule has 0 aliphatic rings. The zero-order chi connectivity index (χ0) is 23.6. The van der Waals surface area contributed by atoms with Crippen molar-refractivity contribution in [2.45, 2.75) is 6.61 Å². The summed E-state index contributed by atoms with van der Waals surface area (Å²) in [7, 11) is 0. The monoisotopic (exact) mass is 446 g/mol. The number of allylic oxidation sites excluding steroid dienone is 2. The first-order valence-corrected chi connectivity index (χ1v) is 10.8. The highest BCUT2D eigenvalue weighted by molar-refractivity contribution is 6.06. The number of benzene rings is 2. The van der Waals surface area contributed by atoms with Gasteiger partial charge in [-0.15, -0.1) is 0 Å². The molecule has 0 saturated heterocycles. The molecule has 0 aliphatic carbocycles. The predicted molar refractivity (Wildman–Crippen MR) is 132 cm³/mol. The molecule has 5 nitrogen and oxygen atoms in total. The molecule has 166 valence electrons. The molecule has 4 rings (SSSR count). The van der Waals surface area contributed by atoms with Crippen LogP contribution < -0.4 is 4.74 Å². The first-order valence-electron chi connectivity index (χ1n) is 10.8. The molecule has 34 heavy (non-hydrogen) atoms. The number of hydrogen-bond donors (Lipinski definition) is 0. The van der Waals surface area contributed by atoms with Gasteiger partial charge >= 0.3 is 0 Å². The minimum absolute atomic E-state index is 0.196. The quantitative estimate of drug-likeness (QED) is 0.238. The molecule has 4 aromatic rings. The number of carbonyl (C=O) groups is 2. The molecule has 0 bridgehead atoms. The van der Waals surface area contributed by atoms with Crippen molar-refractivity contribution in [2.75, 3.05) is 0 Å². The fraction of sp³-hybridized carbons (Fsp3) is 0.0345. The number of ketones is 2. The summed E-state index contributed by atoms with van der Waals surface area (Å²) in [6.45, 7) is 0.400. The lowest BCUT2D eigenvalue weighted by Gasteiger charge is -2.09. The highest BCUT2D eigenvalue weighted by Gasteiger charge is 2.05. The molecule has 0 atom stereocenters. The Morgan fingerprint density at radius 2 is 1.21 bits per heavy atom. The Hall–Kier alpha value is -4.64. The van der Waals surface area contributed by atoms with E-state index in [4.69, 9.17) is 4.74 Å². The number of rotatable bonds is 9. The van der Waals surface area contributed by atoms with Gasteiger partial charge in [-0.1, -0.05) is 54.6 Å². The Kier molecular flexibility index (Phi) is 7.49. The smallest absolute Gasteiger partial charge is 0.204 e. The SMILES string of the molecule is O=C(/C=C\c1cc(/C=C/C(=O)c2ccccn2)cc(OCc2ccccc2)c1)c1ccccn1. The van der Waals surface area contributed by atoms with E-state index in [-0.39, 0.29) is 11.6 Å². The van der Waals surface area contributed by atoms with Crippen LogP contribution in [0.25, 0.3) is 12.2 Å². The van der Waals surface area contributed by atoms with Gasteiger partial charge in [0, 0.05) is 12.4 Å².